The van der Waals surface area contributed by atoms with Crippen molar-refractivity contribution in [2.45, 2.75) is 254 Å². The Kier molecular flexibility index (Phi) is 43.8. The first-order valence-corrected chi connectivity index (χ1v) is 50.1. The van der Waals surface area contributed by atoms with E-state index in [0.29, 0.717) is 58.2 Å². The summed E-state index contributed by atoms with van der Waals surface area (Å²) < 4.78 is 14.7. The van der Waals surface area contributed by atoms with Crippen LogP contribution >= 0.6 is 23.5 Å². The predicted molar refractivity (Wildman–Crippen MR) is 534 cm³/mol. The summed E-state index contributed by atoms with van der Waals surface area (Å²) >= 11 is 2.51. The van der Waals surface area contributed by atoms with Crippen molar-refractivity contribution in [1.82, 2.24) is 87.8 Å². The molecule has 5 aromatic carbocycles. The SMILES string of the molecule is CCCCCCCCCCCC(=O)N[C@@H](CCC)C(=O)N[C@H]1CSCc2cccc(c2)CSC[C@@H](C(N)=O)NC(=O)CN(C)C(=O)[C@H](Cc2ccc(F)cc2)N(C)C(=O)[C@H](Cc2ccc(O)cc2)NC(=O)[C@H](Cc2c[nH]c3ncccc23)NC(=O)[C@H](c2ccccc2)NC(=O)[C@H](C)N(C)C(=O)[C@H](Cc2cnc[nH]2)NC(=O)[C@H](CCCCN)NC(=O)[C@H](C(C)(C)C)NC(=O)[C@H](Cc2ccc(O)cc2)NC1=O. The number of phenolic OH excluding ortho intramolecular Hbond substituents is 2. The predicted octanol–water partition coefficient (Wildman–Crippen LogP) is 7.26. The molecule has 0 spiro atoms. The summed E-state index contributed by atoms with van der Waals surface area (Å²) in [4.78, 5) is 228. The van der Waals surface area contributed by atoms with Crippen LogP contribution in [0, 0.1) is 11.2 Å². The van der Waals surface area contributed by atoms with E-state index in [1.54, 1.807) is 93.8 Å². The number of pyridine rings is 1. The fourth-order valence-electron chi connectivity index (χ4n) is 16.3. The summed E-state index contributed by atoms with van der Waals surface area (Å²) in [5.41, 5.74) is 15.0. The fraction of sp³-hybridized carbons (Fsp3) is 0.471. The van der Waals surface area contributed by atoms with Crippen molar-refractivity contribution in [2.24, 2.45) is 16.9 Å². The Morgan fingerprint density at radius 2 is 1.12 bits per heavy atom. The van der Waals surface area contributed by atoms with Gasteiger partial charge in [0.1, 0.15) is 95.5 Å². The van der Waals surface area contributed by atoms with E-state index in [0.717, 1.165) is 76.5 Å². The number of primary amides is 1. The van der Waals surface area contributed by atoms with Crippen LogP contribution in [-0.2, 0) is 111 Å². The molecule has 4 heterocycles. The minimum Gasteiger partial charge on any atom is -0.508 e. The van der Waals surface area contributed by atoms with Crippen LogP contribution in [-0.4, -0.2) is 240 Å². The number of thioether (sulfide) groups is 2. The Bertz CT molecular complexity index is 5440. The second-order valence-corrected chi connectivity index (χ2v) is 38.8. The van der Waals surface area contributed by atoms with Gasteiger partial charge in [-0.2, -0.15) is 23.5 Å². The van der Waals surface area contributed by atoms with Gasteiger partial charge in [-0.25, -0.2) is 14.4 Å². The van der Waals surface area contributed by atoms with Crippen LogP contribution in [0.4, 0.5) is 4.39 Å². The number of aromatic hydroxyl groups is 2. The molecule has 0 unspecified atom stereocenters. The van der Waals surface area contributed by atoms with Crippen molar-refractivity contribution in [3.05, 3.63) is 215 Å². The molecule has 38 heteroatoms. The van der Waals surface area contributed by atoms with Crippen molar-refractivity contribution in [3.8, 4) is 11.5 Å². The lowest BCUT2D eigenvalue weighted by Gasteiger charge is -2.34. The number of nitrogens with two attached hydrogens (primary N) is 2. The summed E-state index contributed by atoms with van der Waals surface area (Å²) in [6, 6.07) is 17.9. The molecule has 18 N–H and O–H groups in total. The van der Waals surface area contributed by atoms with E-state index in [-0.39, 0.29) is 110 Å². The van der Waals surface area contributed by atoms with E-state index in [2.05, 4.69) is 80.0 Å². The quantitative estimate of drug-likeness (QED) is 0.0190. The number of hydrogen-bond donors (Lipinski definition) is 16. The molecular formula is C102H136FN19O16S2. The molecule has 0 aliphatic carbocycles. The number of hydrogen-bond acceptors (Lipinski definition) is 21. The van der Waals surface area contributed by atoms with Gasteiger partial charge >= 0.3 is 0 Å². The average molecular weight is 1970 g/mol. The maximum atomic E-state index is 15.7. The van der Waals surface area contributed by atoms with Gasteiger partial charge in [0.25, 0.3) is 0 Å². The molecule has 9 rings (SSSR count). The van der Waals surface area contributed by atoms with E-state index in [4.69, 9.17) is 11.5 Å². The van der Waals surface area contributed by atoms with Crippen LogP contribution in [0.25, 0.3) is 11.0 Å². The Balaban J connectivity index is 1.09. The van der Waals surface area contributed by atoms with Gasteiger partial charge in [0.15, 0.2) is 0 Å². The van der Waals surface area contributed by atoms with Gasteiger partial charge in [-0.15, -0.1) is 0 Å². The lowest BCUT2D eigenvalue weighted by atomic mass is 9.85. The zero-order chi connectivity index (χ0) is 102. The lowest BCUT2D eigenvalue weighted by molar-refractivity contribution is -0.146. The standard InChI is InChI=1S/C102H136FN19O16S2/c1-10-12-13-14-15-16-17-18-22-34-85(125)110-76(27-11-2)92(129)117-83-61-140-59-68-29-25-28-67(49-68)58-139-60-82(89(105)127)111-86(126)57-120(7)101(138)84(52-66-35-41-71(103)42-36-66)122(9)100(137)80(51-65-39-45-74(124)46-40-65)115-94(131)79(53-70-55-108-90-75(70)32-26-48-107-90)114-97(134)87(69-30-20-19-21-31-69)118-91(128)63(3)121(8)99(136)81(54-72-56-106-62-109-72)116-93(130)77(33-23-24-47-104)112-98(135)88(102(4,5)6)119-95(132)78(113-96(83)133)50-64-37-43-73(123)44-38-64/h19-21,25-26,28-32,35-46,48-49,55-56,62-63,76-84,87-88,123-124H,10-18,22-24,27,33-34,47,50-54,57-61,104H2,1-9H3,(H2,105,127)(H,106,109)(H,107,108)(H,110,125)(H,111,126)(H,112,135)(H,113,133)(H,114,134)(H,115,131)(H,116,130)(H,117,129)(H,118,128)(H,119,132)/t63-,76-,77-,78-,79-,80-,81-,82-,83-,84-,87-,88+/m0/s1. The highest BCUT2D eigenvalue weighted by Crippen LogP contribution is 2.27. The molecule has 35 nitrogen and oxygen atoms in total. The Morgan fingerprint density at radius 3 is 1.74 bits per heavy atom. The summed E-state index contributed by atoms with van der Waals surface area (Å²) in [6.07, 6.45) is 15.2. The van der Waals surface area contributed by atoms with Gasteiger partial charge in [-0.05, 0) is 138 Å². The summed E-state index contributed by atoms with van der Waals surface area (Å²) in [5.74, 6) is -12.0. The highest BCUT2D eigenvalue weighted by Gasteiger charge is 2.42. The molecule has 14 amide bonds. The fourth-order valence-corrected chi connectivity index (χ4v) is 18.3. The van der Waals surface area contributed by atoms with Gasteiger partial charge in [-0.3, -0.25) is 67.1 Å². The molecular weight excluding hydrogens is 1830 g/mol. The molecule has 0 radical (unpaired) electrons. The van der Waals surface area contributed by atoms with E-state index in [1.807, 2.05) is 25.1 Å². The molecule has 754 valence electrons. The maximum absolute atomic E-state index is 15.7. The minimum absolute atomic E-state index is 0.0568. The number of nitrogens with zero attached hydrogens (tertiary/aromatic N) is 5. The number of aromatic amines is 2. The smallest absolute Gasteiger partial charge is 0.247 e. The van der Waals surface area contributed by atoms with Gasteiger partial charge in [-0.1, -0.05) is 183 Å². The number of halogens is 1. The molecule has 0 saturated heterocycles. The van der Waals surface area contributed by atoms with E-state index in [9.17, 15) is 33.8 Å². The van der Waals surface area contributed by atoms with Crippen LogP contribution < -0.4 is 64.6 Å². The van der Waals surface area contributed by atoms with Gasteiger partial charge in [0, 0.05) is 112 Å². The molecule has 0 fully saturated rings. The van der Waals surface area contributed by atoms with Crippen LogP contribution in [0.1, 0.15) is 189 Å². The second kappa shape index (κ2) is 55.5. The van der Waals surface area contributed by atoms with Crippen molar-refractivity contribution in [1.29, 1.82) is 0 Å². The Labute approximate surface area is 825 Å². The molecule has 0 saturated carbocycles. The normalized spacial score (nSPS) is 21.1. The molecule has 140 heavy (non-hydrogen) atoms. The summed E-state index contributed by atoms with van der Waals surface area (Å²) in [5, 5.41) is 49.8. The minimum atomic E-state index is -1.65. The zero-order valence-electron chi connectivity index (χ0n) is 81.1. The molecule has 3 aromatic heterocycles. The monoisotopic (exact) mass is 1970 g/mol. The Hall–Kier alpha value is -13.2. The molecule has 1 aliphatic heterocycles. The number of likely N-dealkylation sites (N-methyl/N-ethyl adjacent to an activating group) is 3. The van der Waals surface area contributed by atoms with Crippen molar-refractivity contribution in [3.63, 3.8) is 0 Å². The number of unbranched alkanes of at least 4 members (excludes halogenated alkanes) is 9. The second-order valence-electron chi connectivity index (χ2n) is 36.7. The average Bonchev–Trinajstić information content (AvgIpc) is 1.56. The third kappa shape index (κ3) is 34.7. The van der Waals surface area contributed by atoms with Gasteiger partial charge in [0.05, 0.1) is 12.9 Å². The van der Waals surface area contributed by atoms with Crippen LogP contribution in [0.15, 0.2) is 164 Å². The first-order chi connectivity index (χ1) is 67.0. The number of imidazole rings is 1. The van der Waals surface area contributed by atoms with Crippen molar-refractivity contribution >= 4 is 117 Å². The lowest BCUT2D eigenvalue weighted by Crippen LogP contribution is -2.62. The summed E-state index contributed by atoms with van der Waals surface area (Å²) in [6.45, 7) is 9.89. The molecule has 1 aliphatic rings. The largest absolute Gasteiger partial charge is 0.508 e. The van der Waals surface area contributed by atoms with Crippen LogP contribution in [0.3, 0.4) is 0 Å². The third-order valence-electron chi connectivity index (χ3n) is 24.5. The van der Waals surface area contributed by atoms with E-state index in [1.165, 1.54) is 125 Å². The molecule has 2 bridgehead atoms. The molecule has 12 atom stereocenters. The van der Waals surface area contributed by atoms with Crippen molar-refractivity contribution in [2.75, 3.05) is 45.7 Å². The van der Waals surface area contributed by atoms with E-state index >= 15 is 47.9 Å². The number of aromatic nitrogens is 4. The number of amides is 14. The maximum Gasteiger partial charge on any atom is 0.247 e. The number of carbonyl (C=O) groups excluding carboxylic acids is 14. The van der Waals surface area contributed by atoms with Gasteiger partial charge < -0.3 is 99.5 Å². The first-order valence-electron chi connectivity index (χ1n) is 47.8. The summed E-state index contributed by atoms with van der Waals surface area (Å²) in [7, 11) is 3.91. The van der Waals surface area contributed by atoms with Crippen LogP contribution in [0.5, 0.6) is 11.5 Å². The number of carbonyl (C=O) groups is 14. The number of phenols is 2. The highest BCUT2D eigenvalue weighted by atomic mass is 32.2. The Morgan fingerprint density at radius 1 is 0.557 bits per heavy atom. The number of nitrogens with one attached hydrogen (secondary N) is 12. The molecule has 8 aromatic rings. The highest BCUT2D eigenvalue weighted by molar-refractivity contribution is 7.98. The van der Waals surface area contributed by atoms with Crippen LogP contribution in [0.2, 0.25) is 0 Å². The van der Waals surface area contributed by atoms with Crippen molar-refractivity contribution < 1.29 is 81.7 Å². The van der Waals surface area contributed by atoms with Gasteiger partial charge in [0.2, 0.25) is 82.7 Å². The topological polar surface area (TPSA) is 519 Å². The zero-order valence-corrected chi connectivity index (χ0v) is 82.7. The first kappa shape index (κ1) is 110. The number of benzene rings is 5. The number of rotatable bonds is 31. The number of H-pyrrole nitrogens is 2. The van der Waals surface area contributed by atoms with E-state index < -0.39 is 167 Å². The third-order valence-corrected chi connectivity index (χ3v) is 26.7. The number of fused-ring (bicyclic) bond motifs is 3.